The van der Waals surface area contributed by atoms with Crippen LogP contribution < -0.4 is 16.4 Å². The highest BCUT2D eigenvalue weighted by molar-refractivity contribution is 6.11. The summed E-state index contributed by atoms with van der Waals surface area (Å²) < 4.78 is 5.63. The first-order valence-electron chi connectivity index (χ1n) is 13.4. The number of carbonyl (C=O) groups is 3. The Morgan fingerprint density at radius 2 is 1.55 bits per heavy atom. The first-order valence-corrected chi connectivity index (χ1v) is 13.4. The standard InChI is InChI=1S/C33H33N5O4/c1-33(2,3)20-37-30(39)23-11-14-25(27(17-23)32(41)42-19-21-7-5-4-6-8-21)28-18-36-16-15-26(28)31(40)38-24-12-9-22(10-13-24)29(34)35/h4-18H,19-20H2,1-3H3,(H3,34,35)(H,37,39)(H,38,40). The molecule has 3 aromatic carbocycles. The molecule has 0 unspecified atom stereocenters. The van der Waals surface area contributed by atoms with Gasteiger partial charge < -0.3 is 21.1 Å². The van der Waals surface area contributed by atoms with Crippen molar-refractivity contribution < 1.29 is 19.1 Å². The lowest BCUT2D eigenvalue weighted by Crippen LogP contribution is -2.32. The lowest BCUT2D eigenvalue weighted by molar-refractivity contribution is 0.0473. The van der Waals surface area contributed by atoms with Gasteiger partial charge in [-0.3, -0.25) is 20.0 Å². The molecule has 0 aliphatic rings. The van der Waals surface area contributed by atoms with Gasteiger partial charge in [-0.2, -0.15) is 0 Å². The third-order valence-electron chi connectivity index (χ3n) is 6.30. The lowest BCUT2D eigenvalue weighted by Gasteiger charge is -2.19. The predicted octanol–water partition coefficient (Wildman–Crippen LogP) is 5.42. The van der Waals surface area contributed by atoms with Crippen LogP contribution in [-0.2, 0) is 11.3 Å². The number of aromatic nitrogens is 1. The van der Waals surface area contributed by atoms with Crippen molar-refractivity contribution in [3.05, 3.63) is 119 Å². The number of rotatable bonds is 9. The third-order valence-corrected chi connectivity index (χ3v) is 6.30. The van der Waals surface area contributed by atoms with Crippen LogP contribution in [0.1, 0.15) is 63.0 Å². The Labute approximate surface area is 244 Å². The first kappa shape index (κ1) is 29.7. The Morgan fingerprint density at radius 1 is 0.857 bits per heavy atom. The van der Waals surface area contributed by atoms with E-state index in [1.54, 1.807) is 42.5 Å². The molecular formula is C33H33N5O4. The summed E-state index contributed by atoms with van der Waals surface area (Å²) in [7, 11) is 0. The molecule has 0 fully saturated rings. The molecule has 0 radical (unpaired) electrons. The summed E-state index contributed by atoms with van der Waals surface area (Å²) in [6.45, 7) is 6.51. The third kappa shape index (κ3) is 7.66. The van der Waals surface area contributed by atoms with Gasteiger partial charge in [0.25, 0.3) is 11.8 Å². The van der Waals surface area contributed by atoms with Gasteiger partial charge in [0.1, 0.15) is 12.4 Å². The molecular weight excluding hydrogens is 530 g/mol. The van der Waals surface area contributed by atoms with Gasteiger partial charge >= 0.3 is 5.97 Å². The fourth-order valence-electron chi connectivity index (χ4n) is 4.08. The number of amidine groups is 1. The van der Waals surface area contributed by atoms with E-state index in [1.165, 1.54) is 18.5 Å². The number of nitrogen functional groups attached to an aromatic ring is 1. The molecule has 4 aromatic rings. The minimum absolute atomic E-state index is 0.0379. The number of anilines is 1. The minimum atomic E-state index is -0.644. The molecule has 0 aliphatic carbocycles. The lowest BCUT2D eigenvalue weighted by atomic mass is 9.94. The number of ether oxygens (including phenoxy) is 1. The van der Waals surface area contributed by atoms with Crippen LogP contribution in [0, 0.1) is 10.8 Å². The smallest absolute Gasteiger partial charge is 0.339 e. The maximum absolute atomic E-state index is 13.5. The summed E-state index contributed by atoms with van der Waals surface area (Å²) in [5.41, 5.74) is 8.70. The van der Waals surface area contributed by atoms with E-state index in [0.717, 1.165) is 5.56 Å². The molecule has 214 valence electrons. The van der Waals surface area contributed by atoms with Crippen LogP contribution >= 0.6 is 0 Å². The van der Waals surface area contributed by atoms with Crippen molar-refractivity contribution in [2.75, 3.05) is 11.9 Å². The van der Waals surface area contributed by atoms with E-state index in [2.05, 4.69) is 15.6 Å². The van der Waals surface area contributed by atoms with Gasteiger partial charge in [0, 0.05) is 41.3 Å². The molecule has 2 amide bonds. The molecule has 9 heteroatoms. The molecule has 0 saturated heterocycles. The molecule has 42 heavy (non-hydrogen) atoms. The fourth-order valence-corrected chi connectivity index (χ4v) is 4.08. The quantitative estimate of drug-likeness (QED) is 0.121. The number of carbonyl (C=O) groups excluding carboxylic acids is 3. The first-order chi connectivity index (χ1) is 20.0. The molecule has 0 spiro atoms. The summed E-state index contributed by atoms with van der Waals surface area (Å²) in [5, 5.41) is 13.3. The van der Waals surface area contributed by atoms with E-state index in [1.807, 2.05) is 51.1 Å². The molecule has 0 bridgehead atoms. The number of nitrogens with two attached hydrogens (primary N) is 1. The van der Waals surface area contributed by atoms with E-state index < -0.39 is 11.9 Å². The number of nitrogens with zero attached hydrogens (tertiary/aromatic N) is 1. The van der Waals surface area contributed by atoms with Crippen LogP contribution in [0.15, 0.2) is 91.3 Å². The summed E-state index contributed by atoms with van der Waals surface area (Å²) in [5.74, 6) is -1.48. The maximum atomic E-state index is 13.5. The van der Waals surface area contributed by atoms with Crippen molar-refractivity contribution in [3.63, 3.8) is 0 Å². The van der Waals surface area contributed by atoms with Crippen LogP contribution in [0.3, 0.4) is 0 Å². The van der Waals surface area contributed by atoms with Gasteiger partial charge in [0.05, 0.1) is 11.1 Å². The van der Waals surface area contributed by atoms with Crippen molar-refractivity contribution in [3.8, 4) is 11.1 Å². The number of esters is 1. The number of hydrogen-bond donors (Lipinski definition) is 4. The monoisotopic (exact) mass is 563 g/mol. The molecule has 9 nitrogen and oxygen atoms in total. The molecule has 0 saturated carbocycles. The van der Waals surface area contributed by atoms with Crippen molar-refractivity contribution in [2.24, 2.45) is 11.1 Å². The van der Waals surface area contributed by atoms with E-state index in [0.29, 0.717) is 28.9 Å². The van der Waals surface area contributed by atoms with Gasteiger partial charge in [-0.05, 0) is 59.0 Å². The van der Waals surface area contributed by atoms with Crippen molar-refractivity contribution in [1.29, 1.82) is 5.41 Å². The zero-order valence-corrected chi connectivity index (χ0v) is 23.7. The van der Waals surface area contributed by atoms with Gasteiger partial charge in [0.2, 0.25) is 0 Å². The van der Waals surface area contributed by atoms with Crippen LogP contribution in [0.4, 0.5) is 5.69 Å². The highest BCUT2D eigenvalue weighted by Crippen LogP contribution is 2.29. The molecule has 1 aromatic heterocycles. The Morgan fingerprint density at radius 3 is 2.21 bits per heavy atom. The largest absolute Gasteiger partial charge is 0.457 e. The summed E-state index contributed by atoms with van der Waals surface area (Å²) >= 11 is 0. The second-order valence-electron chi connectivity index (χ2n) is 10.9. The number of hydrogen-bond acceptors (Lipinski definition) is 6. The fraction of sp³-hybridized carbons (Fsp3) is 0.182. The van der Waals surface area contributed by atoms with Gasteiger partial charge in [0.15, 0.2) is 0 Å². The van der Waals surface area contributed by atoms with E-state index in [4.69, 9.17) is 15.9 Å². The van der Waals surface area contributed by atoms with Crippen LogP contribution in [0.5, 0.6) is 0 Å². The normalized spacial score (nSPS) is 10.9. The van der Waals surface area contributed by atoms with Gasteiger partial charge in [-0.15, -0.1) is 0 Å². The van der Waals surface area contributed by atoms with E-state index in [-0.39, 0.29) is 40.5 Å². The Kier molecular flexibility index (Phi) is 9.12. The average Bonchev–Trinajstić information content (AvgIpc) is 2.98. The Bertz CT molecular complexity index is 1610. The molecule has 1 heterocycles. The predicted molar refractivity (Wildman–Crippen MR) is 162 cm³/mol. The number of benzene rings is 3. The summed E-state index contributed by atoms with van der Waals surface area (Å²) in [6.07, 6.45) is 2.98. The number of pyridine rings is 1. The summed E-state index contributed by atoms with van der Waals surface area (Å²) in [4.78, 5) is 44.0. The van der Waals surface area contributed by atoms with Crippen LogP contribution in [-0.4, -0.2) is 35.1 Å². The highest BCUT2D eigenvalue weighted by atomic mass is 16.5. The second-order valence-corrected chi connectivity index (χ2v) is 10.9. The van der Waals surface area contributed by atoms with Crippen molar-refractivity contribution >= 4 is 29.3 Å². The average molecular weight is 564 g/mol. The topological polar surface area (TPSA) is 147 Å². The minimum Gasteiger partial charge on any atom is -0.457 e. The van der Waals surface area contributed by atoms with Gasteiger partial charge in [-0.25, -0.2) is 4.79 Å². The van der Waals surface area contributed by atoms with Crippen molar-refractivity contribution in [1.82, 2.24) is 10.3 Å². The van der Waals surface area contributed by atoms with Crippen LogP contribution in [0.25, 0.3) is 11.1 Å². The summed E-state index contributed by atoms with van der Waals surface area (Å²) in [6, 6.07) is 22.1. The molecule has 0 aliphatic heterocycles. The Balaban J connectivity index is 1.69. The van der Waals surface area contributed by atoms with Crippen molar-refractivity contribution in [2.45, 2.75) is 27.4 Å². The van der Waals surface area contributed by atoms with Crippen LogP contribution in [0.2, 0.25) is 0 Å². The van der Waals surface area contributed by atoms with E-state index in [9.17, 15) is 14.4 Å². The zero-order chi connectivity index (χ0) is 30.3. The molecule has 4 rings (SSSR count). The number of nitrogens with one attached hydrogen (secondary N) is 3. The second kappa shape index (κ2) is 12.9. The SMILES string of the molecule is CC(C)(C)CNC(=O)c1ccc(-c2cnccc2C(=O)Nc2ccc(C(=N)N)cc2)c(C(=O)OCc2ccccc2)c1. The molecule has 5 N–H and O–H groups in total. The van der Waals surface area contributed by atoms with E-state index >= 15 is 0 Å². The highest BCUT2D eigenvalue weighted by Gasteiger charge is 2.22. The van der Waals surface area contributed by atoms with Gasteiger partial charge in [-0.1, -0.05) is 57.2 Å². The maximum Gasteiger partial charge on any atom is 0.339 e. The Hall–Kier alpha value is -5.31. The number of amides is 2. The zero-order valence-electron chi connectivity index (χ0n) is 23.7. The molecule has 0 atom stereocenters.